The first kappa shape index (κ1) is 12.2. The third-order valence-electron chi connectivity index (χ3n) is 2.03. The summed E-state index contributed by atoms with van der Waals surface area (Å²) >= 11 is 0. The van der Waals surface area contributed by atoms with E-state index in [-0.39, 0.29) is 0 Å². The van der Waals surface area contributed by atoms with Crippen LogP contribution in [-0.4, -0.2) is 0 Å². The third kappa shape index (κ3) is 7.58. The van der Waals surface area contributed by atoms with Crippen LogP contribution in [0.25, 0.3) is 0 Å². The lowest BCUT2D eigenvalue weighted by atomic mass is 10.1. The van der Waals surface area contributed by atoms with Crippen molar-refractivity contribution >= 4 is 0 Å². The van der Waals surface area contributed by atoms with Crippen molar-refractivity contribution in [3.8, 4) is 0 Å². The van der Waals surface area contributed by atoms with Gasteiger partial charge in [-0.1, -0.05) is 57.1 Å². The summed E-state index contributed by atoms with van der Waals surface area (Å²) in [6, 6.07) is 0. The fraction of sp³-hybridized carbons (Fsp3) is 0.538. The molecule has 0 radical (unpaired) electrons. The molecule has 0 bridgehead atoms. The first-order chi connectivity index (χ1) is 6.35. The van der Waals surface area contributed by atoms with E-state index in [4.69, 9.17) is 0 Å². The summed E-state index contributed by atoms with van der Waals surface area (Å²) in [5.41, 5.74) is 1.40. The predicted molar refractivity (Wildman–Crippen MR) is 61.9 cm³/mol. The molecular weight excluding hydrogens is 156 g/mol. The fourth-order valence-corrected chi connectivity index (χ4v) is 1.34. The van der Waals surface area contributed by atoms with Gasteiger partial charge in [-0.2, -0.15) is 0 Å². The van der Waals surface area contributed by atoms with Gasteiger partial charge in [-0.3, -0.25) is 0 Å². The van der Waals surface area contributed by atoms with Crippen LogP contribution >= 0.6 is 0 Å². The Balaban J connectivity index is 3.70. The first-order valence-electron chi connectivity index (χ1n) is 5.29. The molecule has 0 aliphatic carbocycles. The molecule has 0 unspecified atom stereocenters. The summed E-state index contributed by atoms with van der Waals surface area (Å²) < 4.78 is 0. The van der Waals surface area contributed by atoms with E-state index in [1.165, 1.54) is 37.7 Å². The van der Waals surface area contributed by atoms with Gasteiger partial charge in [0.25, 0.3) is 0 Å². The second kappa shape index (κ2) is 9.31. The van der Waals surface area contributed by atoms with Crippen molar-refractivity contribution in [2.24, 2.45) is 0 Å². The minimum Gasteiger partial charge on any atom is -0.0991 e. The zero-order valence-corrected chi connectivity index (χ0v) is 9.05. The summed E-state index contributed by atoms with van der Waals surface area (Å²) in [6.07, 6.45) is 14.8. The minimum absolute atomic E-state index is 1.19. The van der Waals surface area contributed by atoms with E-state index in [0.29, 0.717) is 0 Å². The Morgan fingerprint density at radius 1 is 1.23 bits per heavy atom. The zero-order valence-electron chi connectivity index (χ0n) is 9.05. The van der Waals surface area contributed by atoms with E-state index in [2.05, 4.69) is 38.7 Å². The highest BCUT2D eigenvalue weighted by Crippen LogP contribution is 2.11. The third-order valence-corrected chi connectivity index (χ3v) is 2.03. The van der Waals surface area contributed by atoms with E-state index in [1.54, 1.807) is 0 Å². The number of unbranched alkanes of at least 4 members (excludes halogenated alkanes) is 3. The predicted octanol–water partition coefficient (Wildman–Crippen LogP) is 4.65. The Bertz CT molecular complexity index is 172. The molecule has 0 nitrogen and oxygen atoms in total. The summed E-state index contributed by atoms with van der Waals surface area (Å²) in [6.45, 7) is 8.02. The standard InChI is InChI=1S/C13H22/c1-4-7-8-9-12-13(10-5-2)11-6-3/h5-6,10-11H,2,4,7-9,12H2,1,3H3/b11-6-,13-10+. The van der Waals surface area contributed by atoms with Crippen LogP contribution in [-0.2, 0) is 0 Å². The lowest BCUT2D eigenvalue weighted by Gasteiger charge is -2.00. The van der Waals surface area contributed by atoms with Gasteiger partial charge in [-0.05, 0) is 25.3 Å². The topological polar surface area (TPSA) is 0 Å². The van der Waals surface area contributed by atoms with Crippen LogP contribution < -0.4 is 0 Å². The molecule has 0 heteroatoms. The van der Waals surface area contributed by atoms with Crippen molar-refractivity contribution in [3.63, 3.8) is 0 Å². The zero-order chi connectivity index (χ0) is 9.94. The van der Waals surface area contributed by atoms with Gasteiger partial charge in [0.05, 0.1) is 0 Å². The highest BCUT2D eigenvalue weighted by atomic mass is 14.0. The molecule has 0 aliphatic rings. The van der Waals surface area contributed by atoms with Gasteiger partial charge in [0, 0.05) is 0 Å². The van der Waals surface area contributed by atoms with Crippen LogP contribution in [0, 0.1) is 0 Å². The monoisotopic (exact) mass is 178 g/mol. The molecule has 0 fully saturated rings. The molecule has 0 rings (SSSR count). The van der Waals surface area contributed by atoms with Gasteiger partial charge < -0.3 is 0 Å². The van der Waals surface area contributed by atoms with Gasteiger partial charge >= 0.3 is 0 Å². The molecule has 0 aromatic carbocycles. The van der Waals surface area contributed by atoms with Crippen LogP contribution in [0.1, 0.15) is 46.0 Å². The molecule has 0 N–H and O–H groups in total. The Hall–Kier alpha value is -0.780. The van der Waals surface area contributed by atoms with Crippen molar-refractivity contribution in [3.05, 3.63) is 36.5 Å². The molecule has 0 heterocycles. The molecule has 0 aromatic rings. The van der Waals surface area contributed by atoms with Crippen molar-refractivity contribution in [1.29, 1.82) is 0 Å². The summed E-state index contributed by atoms with van der Waals surface area (Å²) in [5.74, 6) is 0. The van der Waals surface area contributed by atoms with Crippen molar-refractivity contribution in [2.75, 3.05) is 0 Å². The van der Waals surface area contributed by atoms with Gasteiger partial charge in [-0.15, -0.1) is 0 Å². The second-order valence-electron chi connectivity index (χ2n) is 3.29. The van der Waals surface area contributed by atoms with Crippen LogP contribution in [0.4, 0.5) is 0 Å². The second-order valence-corrected chi connectivity index (χ2v) is 3.29. The van der Waals surface area contributed by atoms with Gasteiger partial charge in [-0.25, -0.2) is 0 Å². The van der Waals surface area contributed by atoms with Crippen molar-refractivity contribution in [1.82, 2.24) is 0 Å². The maximum Gasteiger partial charge on any atom is -0.0279 e. The van der Waals surface area contributed by atoms with Gasteiger partial charge in [0.15, 0.2) is 0 Å². The Kier molecular flexibility index (Phi) is 8.75. The molecule has 0 saturated heterocycles. The molecule has 0 aromatic heterocycles. The molecular formula is C13H22. The maximum atomic E-state index is 3.72. The summed E-state index contributed by atoms with van der Waals surface area (Å²) in [4.78, 5) is 0. The Morgan fingerprint density at radius 3 is 2.54 bits per heavy atom. The van der Waals surface area contributed by atoms with Gasteiger partial charge in [0.1, 0.15) is 0 Å². The first-order valence-corrected chi connectivity index (χ1v) is 5.29. The van der Waals surface area contributed by atoms with Crippen LogP contribution in [0.5, 0.6) is 0 Å². The number of hydrogen-bond acceptors (Lipinski definition) is 0. The summed E-state index contributed by atoms with van der Waals surface area (Å²) in [5, 5.41) is 0. The fourth-order valence-electron chi connectivity index (χ4n) is 1.34. The molecule has 0 atom stereocenters. The highest BCUT2D eigenvalue weighted by molar-refractivity contribution is 5.22. The van der Waals surface area contributed by atoms with Gasteiger partial charge in [0.2, 0.25) is 0 Å². The largest absolute Gasteiger partial charge is 0.0991 e. The average molecular weight is 178 g/mol. The van der Waals surface area contributed by atoms with Crippen molar-refractivity contribution in [2.45, 2.75) is 46.0 Å². The van der Waals surface area contributed by atoms with E-state index in [9.17, 15) is 0 Å². The van der Waals surface area contributed by atoms with Crippen molar-refractivity contribution < 1.29 is 0 Å². The average Bonchev–Trinajstić information content (AvgIpc) is 2.13. The van der Waals surface area contributed by atoms with Crippen LogP contribution in [0.3, 0.4) is 0 Å². The molecule has 0 aliphatic heterocycles. The quantitative estimate of drug-likeness (QED) is 0.393. The SMILES string of the molecule is C=C/C=C(\C=C/C)CCCCCC. The van der Waals surface area contributed by atoms with E-state index in [0.717, 1.165) is 0 Å². The molecule has 0 saturated carbocycles. The Labute approximate surface area is 83.0 Å². The maximum absolute atomic E-state index is 3.72. The molecule has 74 valence electrons. The molecule has 0 amide bonds. The highest BCUT2D eigenvalue weighted by Gasteiger charge is 1.91. The summed E-state index contributed by atoms with van der Waals surface area (Å²) in [7, 11) is 0. The molecule has 0 spiro atoms. The van der Waals surface area contributed by atoms with Crippen LogP contribution in [0.15, 0.2) is 36.5 Å². The minimum atomic E-state index is 1.19. The van der Waals surface area contributed by atoms with E-state index < -0.39 is 0 Å². The van der Waals surface area contributed by atoms with E-state index in [1.807, 2.05) is 6.08 Å². The van der Waals surface area contributed by atoms with E-state index >= 15 is 0 Å². The molecule has 13 heavy (non-hydrogen) atoms. The number of allylic oxidation sites excluding steroid dienone is 5. The lowest BCUT2D eigenvalue weighted by Crippen LogP contribution is -1.80. The van der Waals surface area contributed by atoms with Crippen LogP contribution in [0.2, 0.25) is 0 Å². The Morgan fingerprint density at radius 2 is 2.00 bits per heavy atom. The smallest absolute Gasteiger partial charge is 0.0279 e. The number of hydrogen-bond donors (Lipinski definition) is 0. The normalized spacial score (nSPS) is 12.3. The lowest BCUT2D eigenvalue weighted by molar-refractivity contribution is 0.668. The number of rotatable bonds is 7.